The fourth-order valence-corrected chi connectivity index (χ4v) is 3.53. The number of H-pyrrole nitrogens is 1. The van der Waals surface area contributed by atoms with Crippen LogP contribution in [0.2, 0.25) is 0 Å². The molecule has 6 heteroatoms. The zero-order valence-electron chi connectivity index (χ0n) is 18.2. The van der Waals surface area contributed by atoms with Crippen LogP contribution in [0.25, 0.3) is 10.9 Å². The summed E-state index contributed by atoms with van der Waals surface area (Å²) in [4.78, 5) is 20.0. The predicted octanol–water partition coefficient (Wildman–Crippen LogP) is 3.58. The van der Waals surface area contributed by atoms with Crippen molar-refractivity contribution in [3.8, 4) is 0 Å². The second kappa shape index (κ2) is 9.87. The molecule has 0 fully saturated rings. The second-order valence-corrected chi connectivity index (χ2v) is 8.40. The number of nitrogens with zero attached hydrogens (tertiary/aromatic N) is 2. The van der Waals surface area contributed by atoms with Gasteiger partial charge in [-0.2, -0.15) is 0 Å². The quantitative estimate of drug-likeness (QED) is 0.570. The molecule has 3 rings (SSSR count). The zero-order chi connectivity index (χ0) is 21.7. The Bertz CT molecular complexity index is 1080. The third kappa shape index (κ3) is 5.68. The third-order valence-corrected chi connectivity index (χ3v) is 5.69. The summed E-state index contributed by atoms with van der Waals surface area (Å²) in [6, 6.07) is 16.3. The van der Waals surface area contributed by atoms with E-state index in [4.69, 9.17) is 12.2 Å². The number of likely N-dealkylation sites (N-methyl/N-ethyl adjacent to an activating group) is 1. The number of rotatable bonds is 7. The van der Waals surface area contributed by atoms with Gasteiger partial charge in [0.25, 0.3) is 5.56 Å². The molecule has 2 aromatic carbocycles. The first-order valence-corrected chi connectivity index (χ1v) is 10.6. The molecule has 5 nitrogen and oxygen atoms in total. The van der Waals surface area contributed by atoms with Gasteiger partial charge in [0.05, 0.1) is 6.54 Å². The molecule has 0 atom stereocenters. The van der Waals surface area contributed by atoms with E-state index in [9.17, 15) is 4.79 Å². The average molecular weight is 423 g/mol. The van der Waals surface area contributed by atoms with Crippen LogP contribution < -0.4 is 10.9 Å². The number of nitrogens with one attached hydrogen (secondary N) is 2. The molecular weight excluding hydrogens is 392 g/mol. The molecule has 0 amide bonds. The van der Waals surface area contributed by atoms with E-state index in [1.165, 1.54) is 16.7 Å². The van der Waals surface area contributed by atoms with Crippen LogP contribution in [0.3, 0.4) is 0 Å². The van der Waals surface area contributed by atoms with Crippen molar-refractivity contribution in [1.29, 1.82) is 0 Å². The Morgan fingerprint density at radius 1 is 1.03 bits per heavy atom. The fraction of sp³-hybridized carbons (Fsp3) is 0.333. The van der Waals surface area contributed by atoms with Crippen LogP contribution in [0.1, 0.15) is 22.3 Å². The molecule has 0 saturated carbocycles. The van der Waals surface area contributed by atoms with Crippen LogP contribution in [-0.2, 0) is 13.1 Å². The van der Waals surface area contributed by atoms with E-state index in [1.807, 2.05) is 44.4 Å². The van der Waals surface area contributed by atoms with Gasteiger partial charge in [-0.3, -0.25) is 4.79 Å². The van der Waals surface area contributed by atoms with Gasteiger partial charge < -0.3 is 20.1 Å². The van der Waals surface area contributed by atoms with Crippen molar-refractivity contribution >= 4 is 28.2 Å². The van der Waals surface area contributed by atoms with Gasteiger partial charge in [0.15, 0.2) is 5.11 Å². The molecule has 3 aromatic rings. The van der Waals surface area contributed by atoms with E-state index < -0.39 is 0 Å². The third-order valence-electron chi connectivity index (χ3n) is 5.29. The van der Waals surface area contributed by atoms with E-state index in [2.05, 4.69) is 52.1 Å². The number of benzene rings is 2. The molecular formula is C24H30N4OS. The number of hydrogen-bond acceptors (Lipinski definition) is 3. The summed E-state index contributed by atoms with van der Waals surface area (Å²) in [6.45, 7) is 6.85. The van der Waals surface area contributed by atoms with Crippen LogP contribution in [0.15, 0.2) is 53.3 Å². The zero-order valence-corrected chi connectivity index (χ0v) is 19.0. The first-order valence-electron chi connectivity index (χ1n) is 10.2. The van der Waals surface area contributed by atoms with Gasteiger partial charge in [0, 0.05) is 30.7 Å². The Labute approximate surface area is 183 Å². The molecule has 0 unspecified atom stereocenters. The molecule has 1 aromatic heterocycles. The van der Waals surface area contributed by atoms with E-state index in [0.29, 0.717) is 23.8 Å². The topological polar surface area (TPSA) is 51.4 Å². The predicted molar refractivity (Wildman–Crippen MR) is 129 cm³/mol. The maximum atomic E-state index is 12.7. The summed E-state index contributed by atoms with van der Waals surface area (Å²) < 4.78 is 0. The molecule has 0 aliphatic carbocycles. The number of pyridine rings is 1. The standard InChI is InChI=1S/C24H30N4OS/c1-17-12-20-14-21(23(29)26-22(20)13-18(17)2)16-28(11-10-27(3)4)24(30)25-15-19-8-6-5-7-9-19/h5-9,12-14H,10-11,15-16H2,1-4H3,(H,25,30)(H,26,29). The maximum Gasteiger partial charge on any atom is 0.253 e. The molecule has 0 aliphatic rings. The van der Waals surface area contributed by atoms with Gasteiger partial charge in [-0.15, -0.1) is 0 Å². The summed E-state index contributed by atoms with van der Waals surface area (Å²) in [6.07, 6.45) is 0. The monoisotopic (exact) mass is 422 g/mol. The van der Waals surface area contributed by atoms with E-state index in [0.717, 1.165) is 24.0 Å². The highest BCUT2D eigenvalue weighted by Crippen LogP contribution is 2.18. The fourth-order valence-electron chi connectivity index (χ4n) is 3.30. The number of fused-ring (bicyclic) bond motifs is 1. The molecule has 158 valence electrons. The van der Waals surface area contributed by atoms with Crippen molar-refractivity contribution in [1.82, 2.24) is 20.1 Å². The molecule has 2 N–H and O–H groups in total. The maximum absolute atomic E-state index is 12.7. The number of thiocarbonyl (C=S) groups is 1. The highest BCUT2D eigenvalue weighted by atomic mass is 32.1. The minimum absolute atomic E-state index is 0.0635. The lowest BCUT2D eigenvalue weighted by atomic mass is 10.0. The molecule has 0 saturated heterocycles. The van der Waals surface area contributed by atoms with E-state index >= 15 is 0 Å². The highest BCUT2D eigenvalue weighted by Gasteiger charge is 2.14. The van der Waals surface area contributed by atoms with Crippen molar-refractivity contribution in [2.45, 2.75) is 26.9 Å². The SMILES string of the molecule is Cc1cc2cc(CN(CCN(C)C)C(=S)NCc3ccccc3)c(=O)[nH]c2cc1C. The lowest BCUT2D eigenvalue weighted by Gasteiger charge is -2.27. The Morgan fingerprint density at radius 3 is 2.43 bits per heavy atom. The van der Waals surface area contributed by atoms with Crippen molar-refractivity contribution in [3.05, 3.63) is 81.1 Å². The van der Waals surface area contributed by atoms with E-state index in [-0.39, 0.29) is 5.56 Å². The van der Waals surface area contributed by atoms with Crippen molar-refractivity contribution in [3.63, 3.8) is 0 Å². The number of aromatic amines is 1. The molecule has 30 heavy (non-hydrogen) atoms. The lowest BCUT2D eigenvalue weighted by Crippen LogP contribution is -2.43. The van der Waals surface area contributed by atoms with Crippen LogP contribution >= 0.6 is 12.2 Å². The molecule has 0 radical (unpaired) electrons. The minimum Gasteiger partial charge on any atom is -0.358 e. The minimum atomic E-state index is -0.0635. The van der Waals surface area contributed by atoms with Crippen LogP contribution in [0.5, 0.6) is 0 Å². The average Bonchev–Trinajstić information content (AvgIpc) is 2.71. The molecule has 0 bridgehead atoms. The molecule has 0 spiro atoms. The molecule has 0 aliphatic heterocycles. The van der Waals surface area contributed by atoms with Gasteiger partial charge in [-0.05, 0) is 80.4 Å². The van der Waals surface area contributed by atoms with Gasteiger partial charge >= 0.3 is 0 Å². The number of aryl methyl sites for hydroxylation is 2. The summed E-state index contributed by atoms with van der Waals surface area (Å²) in [5.41, 5.74) is 5.08. The summed E-state index contributed by atoms with van der Waals surface area (Å²) in [5, 5.41) is 5.04. The van der Waals surface area contributed by atoms with Crippen LogP contribution in [0.4, 0.5) is 0 Å². The van der Waals surface area contributed by atoms with Crippen LogP contribution in [-0.4, -0.2) is 47.1 Å². The largest absolute Gasteiger partial charge is 0.358 e. The first-order chi connectivity index (χ1) is 14.3. The Hall–Kier alpha value is -2.70. The van der Waals surface area contributed by atoms with E-state index in [1.54, 1.807) is 0 Å². The number of aromatic nitrogens is 1. The highest BCUT2D eigenvalue weighted by molar-refractivity contribution is 7.80. The number of hydrogen-bond donors (Lipinski definition) is 2. The van der Waals surface area contributed by atoms with Gasteiger partial charge in [-0.25, -0.2) is 0 Å². The molecule has 1 heterocycles. The summed E-state index contributed by atoms with van der Waals surface area (Å²) >= 11 is 5.69. The smallest absolute Gasteiger partial charge is 0.253 e. The van der Waals surface area contributed by atoms with Crippen molar-refractivity contribution in [2.75, 3.05) is 27.2 Å². The van der Waals surface area contributed by atoms with Crippen LogP contribution in [0, 0.1) is 13.8 Å². The van der Waals surface area contributed by atoms with Crippen molar-refractivity contribution < 1.29 is 0 Å². The lowest BCUT2D eigenvalue weighted by molar-refractivity contribution is 0.322. The van der Waals surface area contributed by atoms with Gasteiger partial charge in [-0.1, -0.05) is 30.3 Å². The van der Waals surface area contributed by atoms with Gasteiger partial charge in [0.1, 0.15) is 0 Å². The Balaban J connectivity index is 1.81. The second-order valence-electron chi connectivity index (χ2n) is 8.02. The Kier molecular flexibility index (Phi) is 7.24. The van der Waals surface area contributed by atoms with Crippen molar-refractivity contribution in [2.24, 2.45) is 0 Å². The Morgan fingerprint density at radius 2 is 1.73 bits per heavy atom. The summed E-state index contributed by atoms with van der Waals surface area (Å²) in [5.74, 6) is 0. The van der Waals surface area contributed by atoms with Gasteiger partial charge in [0.2, 0.25) is 0 Å². The normalized spacial score (nSPS) is 11.1. The summed E-state index contributed by atoms with van der Waals surface area (Å²) in [7, 11) is 4.07. The first kappa shape index (κ1) is 22.0.